The first-order valence-corrected chi connectivity index (χ1v) is 28.8. The standard InChI is InChI=1S/C68H49NO6P2/c1-41-21-29-45(30-22-41)57-37-49-13-5-9-17-53(49)61-62-54-18-10-6-14-50(54)38-58(46-31-23-42(2)24-32-46)66(62)73-76(70,72-65(57)61)69-77(71)74-67-59(47-33-25-43(3)26-34-47)39-51-15-7-11-19-55(51)63(67)64-56-20-12-8-16-52(56)40-60(68(64)75-77)48-35-27-44(4)28-36-48/h5-40H,1-4H3,(H,69,70,71). The number of aryl methyl sites for hydroxylation is 4. The van der Waals surface area contributed by atoms with Gasteiger partial charge in [0.25, 0.3) is 0 Å². The van der Waals surface area contributed by atoms with Crippen LogP contribution in [0.3, 0.4) is 0 Å². The third-order valence-electron chi connectivity index (χ3n) is 15.0. The Bertz CT molecular complexity index is 3940. The highest BCUT2D eigenvalue weighted by molar-refractivity contribution is 7.68. The Kier molecular flexibility index (Phi) is 10.9. The van der Waals surface area contributed by atoms with Crippen LogP contribution in [-0.2, 0) is 9.13 Å². The normalized spacial score (nSPS) is 14.0. The van der Waals surface area contributed by atoms with E-state index in [1.54, 1.807) is 0 Å². The number of benzene rings is 12. The summed E-state index contributed by atoms with van der Waals surface area (Å²) in [6.07, 6.45) is 0. The predicted molar refractivity (Wildman–Crippen MR) is 315 cm³/mol. The molecule has 12 aromatic carbocycles. The molecular formula is C68H49NO6P2. The van der Waals surface area contributed by atoms with Gasteiger partial charge in [0, 0.05) is 44.5 Å². The van der Waals surface area contributed by atoms with Crippen molar-refractivity contribution in [3.05, 3.63) is 241 Å². The molecule has 77 heavy (non-hydrogen) atoms. The second-order valence-electron chi connectivity index (χ2n) is 20.3. The van der Waals surface area contributed by atoms with E-state index in [1.807, 2.05) is 173 Å². The summed E-state index contributed by atoms with van der Waals surface area (Å²) in [4.78, 5) is 3.02. The van der Waals surface area contributed by atoms with Crippen LogP contribution < -0.4 is 23.0 Å². The van der Waals surface area contributed by atoms with Gasteiger partial charge >= 0.3 is 15.5 Å². The molecule has 0 bridgehead atoms. The largest absolute Gasteiger partial charge is 0.524 e. The number of fused-ring (bicyclic) bond motifs is 14. The van der Waals surface area contributed by atoms with Crippen molar-refractivity contribution in [2.75, 3.05) is 0 Å². The minimum atomic E-state index is -5.01. The van der Waals surface area contributed by atoms with Gasteiger partial charge < -0.3 is 18.1 Å². The van der Waals surface area contributed by atoms with E-state index in [0.717, 1.165) is 87.6 Å². The fraction of sp³-hybridized carbons (Fsp3) is 0.0588. The van der Waals surface area contributed by atoms with Crippen LogP contribution in [-0.4, -0.2) is 0 Å². The van der Waals surface area contributed by atoms with Crippen LogP contribution >= 0.6 is 15.5 Å². The van der Waals surface area contributed by atoms with Gasteiger partial charge in [-0.2, -0.15) is 0 Å². The summed E-state index contributed by atoms with van der Waals surface area (Å²) in [5.74, 6) is 1.14. The zero-order valence-corrected chi connectivity index (χ0v) is 44.4. The topological polar surface area (TPSA) is 83.1 Å². The molecule has 0 radical (unpaired) electrons. The number of hydrogen-bond donors (Lipinski definition) is 1. The van der Waals surface area contributed by atoms with Crippen LogP contribution in [0.4, 0.5) is 0 Å². The van der Waals surface area contributed by atoms with Crippen LogP contribution in [0, 0.1) is 27.7 Å². The molecule has 0 saturated carbocycles. The van der Waals surface area contributed by atoms with E-state index in [2.05, 4.69) is 77.7 Å². The van der Waals surface area contributed by atoms with Gasteiger partial charge in [-0.15, -0.1) is 0 Å². The molecule has 0 saturated heterocycles. The lowest BCUT2D eigenvalue weighted by atomic mass is 9.86. The van der Waals surface area contributed by atoms with Crippen molar-refractivity contribution in [2.24, 2.45) is 0 Å². The molecule has 7 nitrogen and oxygen atoms in total. The van der Waals surface area contributed by atoms with Crippen molar-refractivity contribution in [3.63, 3.8) is 0 Å². The number of rotatable bonds is 6. The minimum Gasteiger partial charge on any atom is -0.403 e. The lowest BCUT2D eigenvalue weighted by molar-refractivity contribution is 0.359. The molecule has 1 N–H and O–H groups in total. The molecule has 0 aromatic heterocycles. The second-order valence-corrected chi connectivity index (χ2v) is 23.8. The molecule has 0 atom stereocenters. The molecule has 0 aliphatic carbocycles. The van der Waals surface area contributed by atoms with Crippen LogP contribution in [0.15, 0.2) is 218 Å². The molecule has 9 heteroatoms. The average molecular weight is 1040 g/mol. The van der Waals surface area contributed by atoms with Crippen LogP contribution in [0.25, 0.3) is 110 Å². The Morgan fingerprint density at radius 1 is 0.286 bits per heavy atom. The van der Waals surface area contributed by atoms with E-state index in [0.29, 0.717) is 44.5 Å². The van der Waals surface area contributed by atoms with Crippen LogP contribution in [0.1, 0.15) is 22.3 Å². The monoisotopic (exact) mass is 1040 g/mol. The van der Waals surface area contributed by atoms with Gasteiger partial charge in [0.1, 0.15) is 23.0 Å². The Labute approximate surface area is 446 Å². The van der Waals surface area contributed by atoms with E-state index < -0.39 is 15.5 Å². The van der Waals surface area contributed by atoms with Gasteiger partial charge in [-0.05, 0) is 117 Å². The molecule has 0 unspecified atom stereocenters. The highest BCUT2D eigenvalue weighted by atomic mass is 31.3. The van der Waals surface area contributed by atoms with Gasteiger partial charge in [0.15, 0.2) is 0 Å². The third-order valence-corrected chi connectivity index (χ3v) is 18.7. The summed E-state index contributed by atoms with van der Waals surface area (Å²) in [6, 6.07) is 73.5. The smallest absolute Gasteiger partial charge is 0.403 e. The molecular weight excluding hydrogens is 989 g/mol. The molecule has 2 heterocycles. The molecule has 12 aromatic rings. The molecule has 0 amide bonds. The fourth-order valence-corrected chi connectivity index (χ4v) is 14.9. The van der Waals surface area contributed by atoms with E-state index >= 15 is 9.13 Å². The summed E-state index contributed by atoms with van der Waals surface area (Å²) in [7, 11) is -10.0. The van der Waals surface area contributed by atoms with Crippen molar-refractivity contribution in [1.29, 1.82) is 0 Å². The first kappa shape index (κ1) is 46.8. The minimum absolute atomic E-state index is 0.285. The van der Waals surface area contributed by atoms with E-state index in [1.165, 1.54) is 0 Å². The Hall–Kier alpha value is -8.70. The molecule has 14 rings (SSSR count). The van der Waals surface area contributed by atoms with Gasteiger partial charge in [-0.25, -0.2) is 9.13 Å². The van der Waals surface area contributed by atoms with E-state index in [-0.39, 0.29) is 23.0 Å². The molecule has 2 aliphatic rings. The summed E-state index contributed by atoms with van der Waals surface area (Å²) >= 11 is 0. The van der Waals surface area contributed by atoms with Gasteiger partial charge in [0.2, 0.25) is 0 Å². The number of nitrogens with one attached hydrogen (secondary N) is 1. The molecule has 372 valence electrons. The lowest BCUT2D eigenvalue weighted by Crippen LogP contribution is -2.21. The first-order valence-electron chi connectivity index (χ1n) is 25.8. The molecule has 0 spiro atoms. The zero-order valence-electron chi connectivity index (χ0n) is 42.6. The number of hydrogen-bond acceptors (Lipinski definition) is 6. The molecule has 0 fully saturated rings. The molecule has 2 aliphatic heterocycles. The maximum Gasteiger partial charge on any atom is 0.524 e. The lowest BCUT2D eigenvalue weighted by Gasteiger charge is -2.26. The van der Waals surface area contributed by atoms with E-state index in [9.17, 15) is 0 Å². The van der Waals surface area contributed by atoms with Crippen LogP contribution in [0.5, 0.6) is 23.0 Å². The highest BCUT2D eigenvalue weighted by Gasteiger charge is 2.49. The summed E-state index contributed by atoms with van der Waals surface area (Å²) < 4.78 is 62.8. The summed E-state index contributed by atoms with van der Waals surface area (Å²) in [6.45, 7) is 8.18. The maximum atomic E-state index is 17.1. The van der Waals surface area contributed by atoms with Crippen LogP contribution in [0.2, 0.25) is 0 Å². The Morgan fingerprint density at radius 2 is 0.494 bits per heavy atom. The van der Waals surface area contributed by atoms with Crippen molar-refractivity contribution in [1.82, 2.24) is 4.86 Å². The SMILES string of the molecule is Cc1ccc(-c2cc3ccccc3c3c2OP(=O)(NP2(=O)Oc4c(-c5ccc(C)cc5)cc5ccccc5c4-c4c(c(-c5ccc(C)cc5)cc5ccccc45)O2)Oc2c(-c4ccc(C)cc4)cc4ccccc4c2-3)cc1. The third kappa shape index (κ3) is 8.01. The predicted octanol–water partition coefficient (Wildman–Crippen LogP) is 19.6. The zero-order chi connectivity index (χ0) is 52.2. The van der Waals surface area contributed by atoms with Crippen molar-refractivity contribution in [2.45, 2.75) is 27.7 Å². The fourth-order valence-electron chi connectivity index (χ4n) is 11.2. The van der Waals surface area contributed by atoms with Gasteiger partial charge in [-0.1, -0.05) is 221 Å². The van der Waals surface area contributed by atoms with Gasteiger partial charge in [-0.3, -0.25) is 0 Å². The Morgan fingerprint density at radius 3 is 0.714 bits per heavy atom. The summed E-state index contributed by atoms with van der Waals surface area (Å²) in [5, 5.41) is 7.16. The Balaban J connectivity index is 1.08. The average Bonchev–Trinajstić information content (AvgIpc) is 3.92. The quantitative estimate of drug-likeness (QED) is 0.166. The highest BCUT2D eigenvalue weighted by Crippen LogP contribution is 2.68. The maximum absolute atomic E-state index is 17.1. The van der Waals surface area contributed by atoms with E-state index in [4.69, 9.17) is 18.1 Å². The first-order chi connectivity index (χ1) is 37.5. The van der Waals surface area contributed by atoms with Crippen molar-refractivity contribution >= 4 is 58.6 Å². The van der Waals surface area contributed by atoms with Crippen molar-refractivity contribution < 1.29 is 27.2 Å². The van der Waals surface area contributed by atoms with Crippen molar-refractivity contribution in [3.8, 4) is 89.8 Å². The van der Waals surface area contributed by atoms with Gasteiger partial charge in [0.05, 0.1) is 0 Å². The second kappa shape index (κ2) is 18.0. The summed E-state index contributed by atoms with van der Waals surface area (Å²) in [5.41, 5.74) is 13.0.